The van der Waals surface area contributed by atoms with E-state index in [4.69, 9.17) is 14.6 Å². The Bertz CT molecular complexity index is 373. The van der Waals surface area contributed by atoms with Crippen LogP contribution in [-0.4, -0.2) is 17.9 Å². The highest BCUT2D eigenvalue weighted by atomic mass is 16.7. The van der Waals surface area contributed by atoms with Crippen LogP contribution < -0.4 is 4.74 Å². The Morgan fingerprint density at radius 3 is 3.13 bits per heavy atom. The van der Waals surface area contributed by atoms with Crippen LogP contribution in [0.3, 0.4) is 0 Å². The first-order valence-corrected chi connectivity index (χ1v) is 4.80. The number of hydrogen-bond acceptors (Lipinski definition) is 3. The minimum atomic E-state index is -0.787. The standard InChI is InChI=1S/C11H12O4/c12-11(13)5-4-8-2-1-3-10-9(8)6-14-7-15-10/h1-3H,4-7H2,(H,12,13). The average molecular weight is 208 g/mol. The van der Waals surface area contributed by atoms with E-state index in [-0.39, 0.29) is 13.2 Å². The Morgan fingerprint density at radius 1 is 1.47 bits per heavy atom. The van der Waals surface area contributed by atoms with Gasteiger partial charge in [-0.05, 0) is 18.1 Å². The molecule has 2 rings (SSSR count). The molecule has 0 saturated carbocycles. The number of carboxylic acids is 1. The zero-order chi connectivity index (χ0) is 10.7. The lowest BCUT2D eigenvalue weighted by Gasteiger charge is -2.20. The van der Waals surface area contributed by atoms with Gasteiger partial charge in [-0.25, -0.2) is 0 Å². The highest BCUT2D eigenvalue weighted by Gasteiger charge is 2.14. The summed E-state index contributed by atoms with van der Waals surface area (Å²) >= 11 is 0. The SMILES string of the molecule is O=C(O)CCc1cccc2c1COCO2. The third-order valence-electron chi connectivity index (χ3n) is 2.38. The van der Waals surface area contributed by atoms with Gasteiger partial charge in [0.1, 0.15) is 5.75 Å². The zero-order valence-corrected chi connectivity index (χ0v) is 8.23. The summed E-state index contributed by atoms with van der Waals surface area (Å²) in [7, 11) is 0. The van der Waals surface area contributed by atoms with Crippen molar-refractivity contribution >= 4 is 5.97 Å². The first-order valence-electron chi connectivity index (χ1n) is 4.80. The van der Waals surface area contributed by atoms with E-state index in [1.165, 1.54) is 0 Å². The number of aliphatic carboxylic acids is 1. The molecule has 0 fully saturated rings. The van der Waals surface area contributed by atoms with E-state index in [0.717, 1.165) is 16.9 Å². The predicted molar refractivity (Wildman–Crippen MR) is 52.7 cm³/mol. The third-order valence-corrected chi connectivity index (χ3v) is 2.38. The van der Waals surface area contributed by atoms with Crippen molar-refractivity contribution < 1.29 is 19.4 Å². The number of rotatable bonds is 3. The molecule has 0 radical (unpaired) electrons. The van der Waals surface area contributed by atoms with Crippen LogP contribution in [0.2, 0.25) is 0 Å². The summed E-state index contributed by atoms with van der Waals surface area (Å²) in [5.41, 5.74) is 1.97. The predicted octanol–water partition coefficient (Wildman–Crippen LogP) is 1.57. The monoisotopic (exact) mass is 208 g/mol. The van der Waals surface area contributed by atoms with E-state index in [2.05, 4.69) is 0 Å². The number of fused-ring (bicyclic) bond motifs is 1. The normalized spacial score (nSPS) is 14.1. The maximum absolute atomic E-state index is 10.5. The molecule has 0 amide bonds. The number of benzene rings is 1. The topological polar surface area (TPSA) is 55.8 Å². The maximum Gasteiger partial charge on any atom is 0.303 e. The summed E-state index contributed by atoms with van der Waals surface area (Å²) in [4.78, 5) is 10.5. The fraction of sp³-hybridized carbons (Fsp3) is 0.364. The Morgan fingerprint density at radius 2 is 2.33 bits per heavy atom. The van der Waals surface area contributed by atoms with Gasteiger partial charge in [-0.1, -0.05) is 12.1 Å². The molecular formula is C11H12O4. The van der Waals surface area contributed by atoms with Crippen LogP contribution >= 0.6 is 0 Å². The van der Waals surface area contributed by atoms with E-state index < -0.39 is 5.97 Å². The molecule has 0 spiro atoms. The molecule has 80 valence electrons. The molecule has 0 atom stereocenters. The van der Waals surface area contributed by atoms with Gasteiger partial charge in [0.25, 0.3) is 0 Å². The van der Waals surface area contributed by atoms with Gasteiger partial charge < -0.3 is 14.6 Å². The van der Waals surface area contributed by atoms with E-state index in [0.29, 0.717) is 13.0 Å². The lowest BCUT2D eigenvalue weighted by Crippen LogP contribution is -2.13. The number of ether oxygens (including phenoxy) is 2. The number of aryl methyl sites for hydroxylation is 1. The fourth-order valence-corrected chi connectivity index (χ4v) is 1.63. The van der Waals surface area contributed by atoms with Crippen molar-refractivity contribution in [3.05, 3.63) is 29.3 Å². The molecule has 1 heterocycles. The average Bonchev–Trinajstić information content (AvgIpc) is 2.26. The van der Waals surface area contributed by atoms with Crippen molar-refractivity contribution in [1.29, 1.82) is 0 Å². The van der Waals surface area contributed by atoms with E-state index >= 15 is 0 Å². The summed E-state index contributed by atoms with van der Waals surface area (Å²) in [6.07, 6.45) is 0.654. The second-order valence-corrected chi connectivity index (χ2v) is 3.40. The van der Waals surface area contributed by atoms with E-state index in [1.54, 1.807) is 0 Å². The van der Waals surface area contributed by atoms with Crippen LogP contribution in [0.5, 0.6) is 5.75 Å². The van der Waals surface area contributed by atoms with Crippen LogP contribution in [0.1, 0.15) is 17.5 Å². The zero-order valence-electron chi connectivity index (χ0n) is 8.23. The molecule has 0 bridgehead atoms. The summed E-state index contributed by atoms with van der Waals surface area (Å²) in [6.45, 7) is 0.778. The quantitative estimate of drug-likeness (QED) is 0.819. The summed E-state index contributed by atoms with van der Waals surface area (Å²) in [5.74, 6) is 0.0226. The number of hydrogen-bond donors (Lipinski definition) is 1. The molecular weight excluding hydrogens is 196 g/mol. The largest absolute Gasteiger partial charge is 0.481 e. The molecule has 1 N–H and O–H groups in total. The summed E-state index contributed by atoms with van der Waals surface area (Å²) < 4.78 is 10.5. The van der Waals surface area contributed by atoms with Gasteiger partial charge in [0, 0.05) is 12.0 Å². The smallest absolute Gasteiger partial charge is 0.303 e. The second kappa shape index (κ2) is 4.31. The maximum atomic E-state index is 10.5. The molecule has 1 aromatic rings. The van der Waals surface area contributed by atoms with Crippen molar-refractivity contribution in [3.63, 3.8) is 0 Å². The molecule has 1 aliphatic rings. The van der Waals surface area contributed by atoms with Gasteiger partial charge in [-0.2, -0.15) is 0 Å². The van der Waals surface area contributed by atoms with Crippen LogP contribution in [0.25, 0.3) is 0 Å². The Balaban J connectivity index is 2.19. The second-order valence-electron chi connectivity index (χ2n) is 3.40. The van der Waals surface area contributed by atoms with Gasteiger partial charge in [0.15, 0.2) is 6.79 Å². The molecule has 0 saturated heterocycles. The first kappa shape index (κ1) is 9.98. The van der Waals surface area contributed by atoms with Crippen molar-refractivity contribution in [2.45, 2.75) is 19.4 Å². The highest BCUT2D eigenvalue weighted by molar-refractivity contribution is 5.67. The van der Waals surface area contributed by atoms with Crippen molar-refractivity contribution in [1.82, 2.24) is 0 Å². The van der Waals surface area contributed by atoms with E-state index in [1.807, 2.05) is 18.2 Å². The van der Waals surface area contributed by atoms with Crippen LogP contribution in [0, 0.1) is 0 Å². The lowest BCUT2D eigenvalue weighted by molar-refractivity contribution is -0.136. The van der Waals surface area contributed by atoms with Crippen LogP contribution in [-0.2, 0) is 22.6 Å². The van der Waals surface area contributed by atoms with Crippen molar-refractivity contribution in [2.24, 2.45) is 0 Å². The Kier molecular flexibility index (Phi) is 2.87. The van der Waals surface area contributed by atoms with Crippen LogP contribution in [0.4, 0.5) is 0 Å². The Labute approximate surface area is 87.4 Å². The van der Waals surface area contributed by atoms with Crippen molar-refractivity contribution in [2.75, 3.05) is 6.79 Å². The molecule has 0 unspecified atom stereocenters. The fourth-order valence-electron chi connectivity index (χ4n) is 1.63. The molecule has 15 heavy (non-hydrogen) atoms. The summed E-state index contributed by atoms with van der Waals surface area (Å²) in [5, 5.41) is 8.62. The van der Waals surface area contributed by atoms with Gasteiger partial charge in [-0.15, -0.1) is 0 Å². The van der Waals surface area contributed by atoms with Crippen LogP contribution in [0.15, 0.2) is 18.2 Å². The number of carboxylic acid groups (broad SMARTS) is 1. The highest BCUT2D eigenvalue weighted by Crippen LogP contribution is 2.27. The van der Waals surface area contributed by atoms with Gasteiger partial charge in [0.2, 0.25) is 0 Å². The minimum Gasteiger partial charge on any atom is -0.481 e. The molecule has 1 aliphatic heterocycles. The molecule has 0 aromatic heterocycles. The Hall–Kier alpha value is -1.55. The van der Waals surface area contributed by atoms with Crippen molar-refractivity contribution in [3.8, 4) is 5.75 Å². The van der Waals surface area contributed by atoms with Gasteiger partial charge >= 0.3 is 5.97 Å². The van der Waals surface area contributed by atoms with E-state index in [9.17, 15) is 4.79 Å². The minimum absolute atomic E-state index is 0.135. The molecule has 1 aromatic carbocycles. The summed E-state index contributed by atoms with van der Waals surface area (Å²) in [6, 6.07) is 5.67. The number of carbonyl (C=O) groups is 1. The van der Waals surface area contributed by atoms with Gasteiger partial charge in [-0.3, -0.25) is 4.79 Å². The lowest BCUT2D eigenvalue weighted by atomic mass is 10.0. The molecule has 4 nitrogen and oxygen atoms in total. The molecule has 0 aliphatic carbocycles. The first-order chi connectivity index (χ1) is 7.27. The van der Waals surface area contributed by atoms with Gasteiger partial charge in [0.05, 0.1) is 6.61 Å². The molecule has 4 heteroatoms. The third kappa shape index (κ3) is 2.27.